The van der Waals surface area contributed by atoms with Crippen LogP contribution in [-0.2, 0) is 0 Å². The molecular formula is C9H19BrN2O. The van der Waals surface area contributed by atoms with E-state index < -0.39 is 0 Å². The van der Waals surface area contributed by atoms with Crippen molar-refractivity contribution in [2.75, 3.05) is 25.5 Å². The molecule has 0 aromatic carbocycles. The third-order valence-electron chi connectivity index (χ3n) is 1.78. The number of alkyl halides is 1. The summed E-state index contributed by atoms with van der Waals surface area (Å²) < 4.78 is 0. The van der Waals surface area contributed by atoms with Gasteiger partial charge < -0.3 is 10.2 Å². The predicted octanol–water partition coefficient (Wildman–Crippen LogP) is 2.21. The monoisotopic (exact) mass is 250 g/mol. The van der Waals surface area contributed by atoms with Gasteiger partial charge in [0.2, 0.25) is 0 Å². The number of unbranched alkanes of at least 4 members (excludes halogenated alkanes) is 1. The van der Waals surface area contributed by atoms with Crippen molar-refractivity contribution in [2.24, 2.45) is 0 Å². The maximum Gasteiger partial charge on any atom is 0.317 e. The fraction of sp³-hybridized carbons (Fsp3) is 0.889. The molecule has 2 amide bonds. The summed E-state index contributed by atoms with van der Waals surface area (Å²) in [4.78, 5) is 13.0. The molecule has 0 fully saturated rings. The smallest absolute Gasteiger partial charge is 0.317 e. The predicted molar refractivity (Wildman–Crippen MR) is 59.3 cm³/mol. The highest BCUT2D eigenvalue weighted by Gasteiger charge is 2.05. The molecule has 13 heavy (non-hydrogen) atoms. The van der Waals surface area contributed by atoms with Crippen molar-refractivity contribution in [3.8, 4) is 0 Å². The number of nitrogens with one attached hydrogen (secondary N) is 1. The van der Waals surface area contributed by atoms with Crippen LogP contribution in [0.4, 0.5) is 4.79 Å². The van der Waals surface area contributed by atoms with Crippen molar-refractivity contribution in [1.29, 1.82) is 0 Å². The van der Waals surface area contributed by atoms with Crippen LogP contribution in [0.2, 0.25) is 0 Å². The first-order valence-electron chi connectivity index (χ1n) is 4.77. The minimum absolute atomic E-state index is 0.0365. The summed E-state index contributed by atoms with van der Waals surface area (Å²) in [6, 6.07) is 0.0365. The maximum atomic E-state index is 11.3. The average molecular weight is 251 g/mol. The molecule has 0 spiro atoms. The van der Waals surface area contributed by atoms with Gasteiger partial charge in [-0.3, -0.25) is 0 Å². The number of amides is 2. The summed E-state index contributed by atoms with van der Waals surface area (Å²) in [6.45, 7) is 3.71. The molecular weight excluding hydrogens is 232 g/mol. The zero-order valence-corrected chi connectivity index (χ0v) is 10.1. The van der Waals surface area contributed by atoms with Gasteiger partial charge in [-0.2, -0.15) is 0 Å². The van der Waals surface area contributed by atoms with Gasteiger partial charge in [-0.1, -0.05) is 29.3 Å². The molecule has 0 bridgehead atoms. The van der Waals surface area contributed by atoms with Gasteiger partial charge in [-0.25, -0.2) is 4.79 Å². The van der Waals surface area contributed by atoms with E-state index in [-0.39, 0.29) is 6.03 Å². The summed E-state index contributed by atoms with van der Waals surface area (Å²) >= 11 is 3.33. The number of hydrogen-bond acceptors (Lipinski definition) is 1. The lowest BCUT2D eigenvalue weighted by Gasteiger charge is -2.16. The maximum absolute atomic E-state index is 11.3. The van der Waals surface area contributed by atoms with Gasteiger partial charge >= 0.3 is 6.03 Å². The molecule has 0 atom stereocenters. The lowest BCUT2D eigenvalue weighted by Crippen LogP contribution is -2.38. The topological polar surface area (TPSA) is 32.3 Å². The molecule has 0 aliphatic heterocycles. The molecule has 0 saturated carbocycles. The number of carbonyl (C=O) groups is 1. The van der Waals surface area contributed by atoms with Crippen LogP contribution < -0.4 is 5.32 Å². The third-order valence-corrected chi connectivity index (χ3v) is 2.34. The number of nitrogens with zero attached hydrogens (tertiary/aromatic N) is 1. The van der Waals surface area contributed by atoms with Crippen LogP contribution in [0.1, 0.15) is 26.2 Å². The third kappa shape index (κ3) is 6.87. The Hall–Kier alpha value is -0.250. The van der Waals surface area contributed by atoms with Crippen molar-refractivity contribution >= 4 is 22.0 Å². The summed E-state index contributed by atoms with van der Waals surface area (Å²) in [5, 5.41) is 3.81. The van der Waals surface area contributed by atoms with Crippen LogP contribution >= 0.6 is 15.9 Å². The zero-order valence-electron chi connectivity index (χ0n) is 8.48. The number of halogens is 1. The highest BCUT2D eigenvalue weighted by molar-refractivity contribution is 9.09. The van der Waals surface area contributed by atoms with E-state index >= 15 is 0 Å². The van der Waals surface area contributed by atoms with E-state index in [4.69, 9.17) is 0 Å². The van der Waals surface area contributed by atoms with Gasteiger partial charge in [0, 0.05) is 25.5 Å². The molecule has 0 radical (unpaired) electrons. The Balaban J connectivity index is 3.45. The standard InChI is InChI=1S/C9H19BrN2O/c1-3-4-7-11-9(13)12(2)8-5-6-10/h3-8H2,1-2H3,(H,11,13). The second-order valence-corrected chi connectivity index (χ2v) is 3.84. The minimum Gasteiger partial charge on any atom is -0.338 e. The van der Waals surface area contributed by atoms with E-state index in [9.17, 15) is 4.79 Å². The molecule has 1 N–H and O–H groups in total. The normalized spacial score (nSPS) is 9.77. The fourth-order valence-corrected chi connectivity index (χ4v) is 1.16. The Labute approximate surface area is 89.0 Å². The number of hydrogen-bond donors (Lipinski definition) is 1. The quantitative estimate of drug-likeness (QED) is 0.569. The van der Waals surface area contributed by atoms with E-state index in [1.165, 1.54) is 0 Å². The first kappa shape index (κ1) is 12.8. The minimum atomic E-state index is 0.0365. The molecule has 0 heterocycles. The molecule has 0 aromatic rings. The van der Waals surface area contributed by atoms with Crippen LogP contribution in [0.25, 0.3) is 0 Å². The van der Waals surface area contributed by atoms with Crippen LogP contribution in [0.5, 0.6) is 0 Å². The van der Waals surface area contributed by atoms with E-state index in [1.807, 2.05) is 7.05 Å². The van der Waals surface area contributed by atoms with Crippen molar-refractivity contribution in [3.05, 3.63) is 0 Å². The van der Waals surface area contributed by atoms with Gasteiger partial charge in [-0.05, 0) is 12.8 Å². The summed E-state index contributed by atoms with van der Waals surface area (Å²) in [5.74, 6) is 0. The molecule has 3 nitrogen and oxygen atoms in total. The lowest BCUT2D eigenvalue weighted by molar-refractivity contribution is 0.209. The van der Waals surface area contributed by atoms with E-state index in [1.54, 1.807) is 4.90 Å². The molecule has 0 unspecified atom stereocenters. The Morgan fingerprint density at radius 1 is 1.46 bits per heavy atom. The van der Waals surface area contributed by atoms with Crippen LogP contribution in [0.3, 0.4) is 0 Å². The number of urea groups is 1. The van der Waals surface area contributed by atoms with E-state index in [0.717, 1.165) is 37.7 Å². The summed E-state index contributed by atoms with van der Waals surface area (Å²) in [5.41, 5.74) is 0. The highest BCUT2D eigenvalue weighted by atomic mass is 79.9. The molecule has 0 aliphatic carbocycles. The van der Waals surface area contributed by atoms with Crippen molar-refractivity contribution < 1.29 is 4.79 Å². The van der Waals surface area contributed by atoms with Gasteiger partial charge in [-0.15, -0.1) is 0 Å². The van der Waals surface area contributed by atoms with Crippen molar-refractivity contribution in [3.63, 3.8) is 0 Å². The van der Waals surface area contributed by atoms with Crippen LogP contribution in [0.15, 0.2) is 0 Å². The van der Waals surface area contributed by atoms with Gasteiger partial charge in [0.15, 0.2) is 0 Å². The van der Waals surface area contributed by atoms with Crippen molar-refractivity contribution in [2.45, 2.75) is 26.2 Å². The van der Waals surface area contributed by atoms with Gasteiger partial charge in [0.1, 0.15) is 0 Å². The van der Waals surface area contributed by atoms with Crippen LogP contribution in [0, 0.1) is 0 Å². The largest absolute Gasteiger partial charge is 0.338 e. The van der Waals surface area contributed by atoms with E-state index in [0.29, 0.717) is 0 Å². The van der Waals surface area contributed by atoms with E-state index in [2.05, 4.69) is 28.2 Å². The Morgan fingerprint density at radius 2 is 2.15 bits per heavy atom. The van der Waals surface area contributed by atoms with Crippen LogP contribution in [-0.4, -0.2) is 36.4 Å². The molecule has 0 rings (SSSR count). The first-order chi connectivity index (χ1) is 6.22. The second kappa shape index (κ2) is 8.35. The Bertz CT molecular complexity index is 142. The molecule has 0 aliphatic rings. The Kier molecular flexibility index (Phi) is 8.19. The summed E-state index contributed by atoms with van der Waals surface area (Å²) in [7, 11) is 1.82. The fourth-order valence-electron chi connectivity index (χ4n) is 0.906. The zero-order chi connectivity index (χ0) is 10.1. The first-order valence-corrected chi connectivity index (χ1v) is 5.89. The van der Waals surface area contributed by atoms with Gasteiger partial charge in [0.05, 0.1) is 0 Å². The lowest BCUT2D eigenvalue weighted by atomic mass is 10.3. The van der Waals surface area contributed by atoms with Crippen molar-refractivity contribution in [1.82, 2.24) is 10.2 Å². The second-order valence-electron chi connectivity index (χ2n) is 3.05. The van der Waals surface area contributed by atoms with Gasteiger partial charge in [0.25, 0.3) is 0 Å². The Morgan fingerprint density at radius 3 is 2.69 bits per heavy atom. The number of carbonyl (C=O) groups excluding carboxylic acids is 1. The average Bonchev–Trinajstić information content (AvgIpc) is 2.14. The molecule has 4 heteroatoms. The SMILES string of the molecule is CCCCNC(=O)N(C)CCCBr. The highest BCUT2D eigenvalue weighted by Crippen LogP contribution is 1.92. The molecule has 0 saturated heterocycles. The summed E-state index contributed by atoms with van der Waals surface area (Å²) in [6.07, 6.45) is 3.17. The molecule has 78 valence electrons. The molecule has 0 aromatic heterocycles. The number of rotatable bonds is 6.